The molecule has 0 saturated heterocycles. The predicted molar refractivity (Wildman–Crippen MR) is 76.4 cm³/mol. The molecule has 18 heavy (non-hydrogen) atoms. The summed E-state index contributed by atoms with van der Waals surface area (Å²) in [6, 6.07) is 6.47. The Labute approximate surface area is 110 Å². The van der Waals surface area contributed by atoms with E-state index in [1.165, 1.54) is 16.7 Å². The smallest absolute Gasteiger partial charge is 0.119 e. The molecule has 2 nitrogen and oxygen atoms in total. The highest BCUT2D eigenvalue weighted by atomic mass is 16.5. The maximum atomic E-state index is 5.38. The van der Waals surface area contributed by atoms with Crippen LogP contribution < -0.4 is 10.1 Å². The molecule has 0 unspecified atom stereocenters. The number of fused-ring (bicyclic) bond motifs is 1. The number of methoxy groups -OCH3 is 1. The Morgan fingerprint density at radius 1 is 1.39 bits per heavy atom. The minimum atomic E-state index is 0.130. The fraction of sp³-hybridized carbons (Fsp3) is 0.500. The monoisotopic (exact) mass is 245 g/mol. The second-order valence-corrected chi connectivity index (χ2v) is 5.30. The van der Waals surface area contributed by atoms with E-state index in [0.29, 0.717) is 0 Å². The molecule has 2 heteroatoms. The van der Waals surface area contributed by atoms with Crippen molar-refractivity contribution in [2.24, 2.45) is 0 Å². The van der Waals surface area contributed by atoms with Gasteiger partial charge >= 0.3 is 0 Å². The molecular formula is C16H23NO. The summed E-state index contributed by atoms with van der Waals surface area (Å²) in [5, 5.41) is 3.26. The van der Waals surface area contributed by atoms with E-state index in [-0.39, 0.29) is 5.41 Å². The lowest BCUT2D eigenvalue weighted by molar-refractivity contribution is 0.410. The summed E-state index contributed by atoms with van der Waals surface area (Å²) >= 11 is 0. The van der Waals surface area contributed by atoms with E-state index < -0.39 is 0 Å². The van der Waals surface area contributed by atoms with Crippen molar-refractivity contribution in [1.82, 2.24) is 5.32 Å². The predicted octanol–water partition coefficient (Wildman–Crippen LogP) is 3.06. The van der Waals surface area contributed by atoms with Crippen molar-refractivity contribution in [3.8, 4) is 5.75 Å². The van der Waals surface area contributed by atoms with Gasteiger partial charge in [-0.25, -0.2) is 0 Å². The molecule has 0 bridgehead atoms. The number of nitrogens with one attached hydrogen (secondary N) is 1. The average molecular weight is 245 g/mol. The van der Waals surface area contributed by atoms with Crippen LogP contribution in [0.15, 0.2) is 29.8 Å². The first-order chi connectivity index (χ1) is 8.61. The molecule has 1 atom stereocenters. The van der Waals surface area contributed by atoms with E-state index in [2.05, 4.69) is 43.4 Å². The lowest BCUT2D eigenvalue weighted by Gasteiger charge is -2.36. The Morgan fingerprint density at radius 2 is 2.17 bits per heavy atom. The van der Waals surface area contributed by atoms with Crippen LogP contribution in [-0.4, -0.2) is 20.7 Å². The zero-order valence-corrected chi connectivity index (χ0v) is 11.8. The van der Waals surface area contributed by atoms with Crippen LogP contribution in [0.5, 0.6) is 5.75 Å². The molecule has 0 amide bonds. The highest BCUT2D eigenvalue weighted by Gasteiger charge is 2.32. The van der Waals surface area contributed by atoms with Gasteiger partial charge in [-0.3, -0.25) is 0 Å². The molecule has 0 radical (unpaired) electrons. The normalized spacial score (nSPS) is 22.3. The molecular weight excluding hydrogens is 222 g/mol. The first-order valence-corrected chi connectivity index (χ1v) is 6.61. The zero-order valence-electron chi connectivity index (χ0n) is 11.8. The van der Waals surface area contributed by atoms with Crippen molar-refractivity contribution in [3.05, 3.63) is 41.0 Å². The molecule has 0 fully saturated rings. The number of hydrogen-bond donors (Lipinski definition) is 1. The highest BCUT2D eigenvalue weighted by molar-refractivity contribution is 5.49. The molecule has 0 saturated carbocycles. The largest absolute Gasteiger partial charge is 0.497 e. The van der Waals surface area contributed by atoms with E-state index in [9.17, 15) is 0 Å². The first kappa shape index (κ1) is 13.2. The van der Waals surface area contributed by atoms with E-state index in [1.807, 2.05) is 7.05 Å². The molecule has 1 aliphatic rings. The van der Waals surface area contributed by atoms with Crippen molar-refractivity contribution >= 4 is 0 Å². The summed E-state index contributed by atoms with van der Waals surface area (Å²) in [4.78, 5) is 0. The fourth-order valence-corrected chi connectivity index (χ4v) is 2.78. The first-order valence-electron chi connectivity index (χ1n) is 6.61. The summed E-state index contributed by atoms with van der Waals surface area (Å²) in [5.41, 5.74) is 4.46. The standard InChI is InChI=1S/C16H23NO/c1-12-5-6-13-7-8-14(18-4)11-15(13)16(12,2)9-10-17-3/h5,7-8,11,17H,6,9-10H2,1-4H3/t16-/m1/s1. The second-order valence-electron chi connectivity index (χ2n) is 5.30. The molecule has 0 spiro atoms. The lowest BCUT2D eigenvalue weighted by Crippen LogP contribution is -2.31. The molecule has 0 heterocycles. The zero-order chi connectivity index (χ0) is 13.2. The summed E-state index contributed by atoms with van der Waals surface area (Å²) in [6.45, 7) is 5.62. The SMILES string of the molecule is CNCC[C@]1(C)C(C)=CCc2ccc(OC)cc21. The summed E-state index contributed by atoms with van der Waals surface area (Å²) in [6.07, 6.45) is 4.52. The van der Waals surface area contributed by atoms with Crippen molar-refractivity contribution in [3.63, 3.8) is 0 Å². The molecule has 1 N–H and O–H groups in total. The number of hydrogen-bond acceptors (Lipinski definition) is 2. The van der Waals surface area contributed by atoms with Crippen molar-refractivity contribution < 1.29 is 4.74 Å². The van der Waals surface area contributed by atoms with Gasteiger partial charge in [0, 0.05) is 5.41 Å². The fourth-order valence-electron chi connectivity index (χ4n) is 2.78. The van der Waals surface area contributed by atoms with Crippen molar-refractivity contribution in [2.75, 3.05) is 20.7 Å². The third-order valence-electron chi connectivity index (χ3n) is 4.28. The van der Waals surface area contributed by atoms with Gasteiger partial charge in [0.1, 0.15) is 5.75 Å². The van der Waals surface area contributed by atoms with Gasteiger partial charge in [0.25, 0.3) is 0 Å². The Hall–Kier alpha value is -1.28. The maximum absolute atomic E-state index is 5.38. The van der Waals surface area contributed by atoms with Gasteiger partial charge in [-0.05, 0) is 56.6 Å². The van der Waals surface area contributed by atoms with Gasteiger partial charge in [0.05, 0.1) is 7.11 Å². The van der Waals surface area contributed by atoms with Crippen LogP contribution in [0.1, 0.15) is 31.4 Å². The Bertz CT molecular complexity index is 464. The van der Waals surface area contributed by atoms with Crippen molar-refractivity contribution in [2.45, 2.75) is 32.1 Å². The van der Waals surface area contributed by atoms with Gasteiger partial charge in [-0.1, -0.05) is 24.6 Å². The Kier molecular flexibility index (Phi) is 3.76. The third-order valence-corrected chi connectivity index (χ3v) is 4.28. The topological polar surface area (TPSA) is 21.3 Å². The van der Waals surface area contributed by atoms with Gasteiger partial charge < -0.3 is 10.1 Å². The van der Waals surface area contributed by atoms with Gasteiger partial charge in [-0.2, -0.15) is 0 Å². The van der Waals surface area contributed by atoms with Crippen LogP contribution in [0.4, 0.5) is 0 Å². The van der Waals surface area contributed by atoms with Crippen LogP contribution >= 0.6 is 0 Å². The quantitative estimate of drug-likeness (QED) is 0.823. The van der Waals surface area contributed by atoms with Crippen LogP contribution in [0.25, 0.3) is 0 Å². The highest BCUT2D eigenvalue weighted by Crippen LogP contribution is 2.41. The molecule has 0 aromatic heterocycles. The van der Waals surface area contributed by atoms with Crippen molar-refractivity contribution in [1.29, 1.82) is 0 Å². The van der Waals surface area contributed by atoms with E-state index in [0.717, 1.165) is 25.1 Å². The van der Waals surface area contributed by atoms with Crippen LogP contribution in [0.3, 0.4) is 0 Å². The number of benzene rings is 1. The molecule has 1 aromatic carbocycles. The van der Waals surface area contributed by atoms with Crippen LogP contribution in [0.2, 0.25) is 0 Å². The van der Waals surface area contributed by atoms with Gasteiger partial charge in [0.15, 0.2) is 0 Å². The molecule has 2 rings (SSSR count). The van der Waals surface area contributed by atoms with E-state index in [1.54, 1.807) is 7.11 Å². The summed E-state index contributed by atoms with van der Waals surface area (Å²) < 4.78 is 5.38. The number of rotatable bonds is 4. The summed E-state index contributed by atoms with van der Waals surface area (Å²) in [5.74, 6) is 0.958. The maximum Gasteiger partial charge on any atom is 0.119 e. The lowest BCUT2D eigenvalue weighted by atomic mass is 9.68. The molecule has 1 aromatic rings. The van der Waals surface area contributed by atoms with E-state index >= 15 is 0 Å². The number of allylic oxidation sites excluding steroid dienone is 2. The molecule has 0 aliphatic heterocycles. The number of ether oxygens (including phenoxy) is 1. The molecule has 1 aliphatic carbocycles. The average Bonchev–Trinajstić information content (AvgIpc) is 2.41. The third kappa shape index (κ3) is 2.17. The van der Waals surface area contributed by atoms with Crippen LogP contribution in [-0.2, 0) is 11.8 Å². The van der Waals surface area contributed by atoms with E-state index in [4.69, 9.17) is 4.74 Å². The minimum absolute atomic E-state index is 0.130. The van der Waals surface area contributed by atoms with Crippen LogP contribution in [0, 0.1) is 0 Å². The Balaban J connectivity index is 2.45. The molecule has 98 valence electrons. The second kappa shape index (κ2) is 5.15. The summed E-state index contributed by atoms with van der Waals surface area (Å²) in [7, 11) is 3.75. The minimum Gasteiger partial charge on any atom is -0.497 e. The van der Waals surface area contributed by atoms with Gasteiger partial charge in [0.2, 0.25) is 0 Å². The van der Waals surface area contributed by atoms with Gasteiger partial charge in [-0.15, -0.1) is 0 Å². The Morgan fingerprint density at radius 3 is 2.83 bits per heavy atom.